The number of thiophene rings is 1. The monoisotopic (exact) mass is 342 g/mol. The van der Waals surface area contributed by atoms with Crippen molar-refractivity contribution in [3.63, 3.8) is 0 Å². The predicted octanol–water partition coefficient (Wildman–Crippen LogP) is 3.79. The predicted molar refractivity (Wildman–Crippen MR) is 83.3 cm³/mol. The maximum atomic E-state index is 14.0. The van der Waals surface area contributed by atoms with Crippen LogP contribution in [0.2, 0.25) is 0 Å². The molecule has 0 spiro atoms. The second kappa shape index (κ2) is 6.50. The summed E-state index contributed by atoms with van der Waals surface area (Å²) in [6.45, 7) is 1.20. The zero-order valence-corrected chi connectivity index (χ0v) is 13.1. The number of hydrogen-bond acceptors (Lipinski definition) is 3. The molecule has 0 bridgehead atoms. The van der Waals surface area contributed by atoms with Crippen LogP contribution in [0.15, 0.2) is 33.4 Å². The van der Waals surface area contributed by atoms with Crippen molar-refractivity contribution in [1.29, 1.82) is 0 Å². The molecule has 1 aromatic carbocycles. The van der Waals surface area contributed by atoms with Crippen LogP contribution in [0.1, 0.15) is 11.1 Å². The molecule has 2 rings (SSSR count). The Kier molecular flexibility index (Phi) is 4.96. The van der Waals surface area contributed by atoms with Crippen molar-refractivity contribution in [3.05, 3.63) is 50.4 Å². The fourth-order valence-corrected chi connectivity index (χ4v) is 3.33. The molecule has 0 unspecified atom stereocenters. The van der Waals surface area contributed by atoms with E-state index in [9.17, 15) is 4.39 Å². The lowest BCUT2D eigenvalue weighted by molar-refractivity contribution is 0.619. The molecule has 2 N–H and O–H groups in total. The molecule has 1 heterocycles. The maximum absolute atomic E-state index is 14.0. The number of para-hydroxylation sites is 1. The second-order valence-corrected chi connectivity index (χ2v) is 6.69. The van der Waals surface area contributed by atoms with E-state index in [2.05, 4.69) is 27.4 Å². The lowest BCUT2D eigenvalue weighted by atomic mass is 10.1. The van der Waals surface area contributed by atoms with Gasteiger partial charge in [0, 0.05) is 13.6 Å². The number of hydrogen-bond donors (Lipinski definition) is 1. The Morgan fingerprint density at radius 3 is 2.84 bits per heavy atom. The molecule has 0 saturated heterocycles. The molecule has 0 amide bonds. The highest BCUT2D eigenvalue weighted by atomic mass is 79.9. The number of anilines is 1. The van der Waals surface area contributed by atoms with Crippen LogP contribution in [0, 0.1) is 5.82 Å². The van der Waals surface area contributed by atoms with E-state index in [0.29, 0.717) is 25.2 Å². The highest BCUT2D eigenvalue weighted by Gasteiger charge is 2.13. The van der Waals surface area contributed by atoms with Crippen LogP contribution in [0.4, 0.5) is 10.1 Å². The Morgan fingerprint density at radius 1 is 1.42 bits per heavy atom. The van der Waals surface area contributed by atoms with Crippen LogP contribution >= 0.6 is 27.3 Å². The third kappa shape index (κ3) is 3.55. The van der Waals surface area contributed by atoms with Gasteiger partial charge in [-0.15, -0.1) is 11.3 Å². The largest absolute Gasteiger partial charge is 0.368 e. The Hall–Kier alpha value is -0.910. The van der Waals surface area contributed by atoms with Crippen molar-refractivity contribution >= 4 is 33.0 Å². The highest BCUT2D eigenvalue weighted by molar-refractivity contribution is 9.11. The summed E-state index contributed by atoms with van der Waals surface area (Å²) in [6, 6.07) is 7.23. The SMILES string of the molecule is CN(Cc1csc(Br)c1)c1c(F)cccc1CCN. The molecule has 2 nitrogen and oxygen atoms in total. The van der Waals surface area contributed by atoms with Crippen molar-refractivity contribution in [1.82, 2.24) is 0 Å². The number of nitrogens with zero attached hydrogens (tertiary/aromatic N) is 1. The lowest BCUT2D eigenvalue weighted by Gasteiger charge is -2.22. The normalized spacial score (nSPS) is 10.7. The minimum absolute atomic E-state index is 0.192. The molecule has 0 saturated carbocycles. The topological polar surface area (TPSA) is 29.3 Å². The molecule has 0 radical (unpaired) electrons. The fourth-order valence-electron chi connectivity index (χ4n) is 2.13. The van der Waals surface area contributed by atoms with Crippen LogP contribution in [0.5, 0.6) is 0 Å². The van der Waals surface area contributed by atoms with Crippen LogP contribution < -0.4 is 10.6 Å². The van der Waals surface area contributed by atoms with Gasteiger partial charge in [-0.1, -0.05) is 12.1 Å². The molecule has 0 aliphatic rings. The smallest absolute Gasteiger partial charge is 0.146 e. The van der Waals surface area contributed by atoms with Gasteiger partial charge in [0.1, 0.15) is 5.82 Å². The number of benzene rings is 1. The van der Waals surface area contributed by atoms with Gasteiger partial charge in [0.15, 0.2) is 0 Å². The van der Waals surface area contributed by atoms with Crippen LogP contribution in [0.3, 0.4) is 0 Å². The van der Waals surface area contributed by atoms with Crippen molar-refractivity contribution in [2.75, 3.05) is 18.5 Å². The minimum Gasteiger partial charge on any atom is -0.368 e. The van der Waals surface area contributed by atoms with E-state index in [-0.39, 0.29) is 5.82 Å². The van der Waals surface area contributed by atoms with Gasteiger partial charge < -0.3 is 10.6 Å². The Bertz CT molecular complexity index is 556. The van der Waals surface area contributed by atoms with E-state index in [0.717, 1.165) is 9.35 Å². The van der Waals surface area contributed by atoms with Crippen LogP contribution in [-0.2, 0) is 13.0 Å². The van der Waals surface area contributed by atoms with E-state index >= 15 is 0 Å². The van der Waals surface area contributed by atoms with E-state index in [4.69, 9.17) is 5.73 Å². The molecular weight excluding hydrogens is 327 g/mol. The summed E-state index contributed by atoms with van der Waals surface area (Å²) < 4.78 is 15.1. The summed E-state index contributed by atoms with van der Waals surface area (Å²) in [7, 11) is 1.91. The standard InChI is InChI=1S/C14H16BrFN2S/c1-18(8-10-7-13(15)19-9-10)14-11(5-6-17)3-2-4-12(14)16/h2-4,7,9H,5-6,8,17H2,1H3. The van der Waals surface area contributed by atoms with Gasteiger partial charge >= 0.3 is 0 Å². The van der Waals surface area contributed by atoms with Gasteiger partial charge in [-0.05, 0) is 57.5 Å². The van der Waals surface area contributed by atoms with Crippen LogP contribution in [0.25, 0.3) is 0 Å². The molecule has 1 aromatic heterocycles. The summed E-state index contributed by atoms with van der Waals surface area (Å²) in [5.41, 5.74) is 8.36. The molecular formula is C14H16BrFN2S. The van der Waals surface area contributed by atoms with Gasteiger partial charge in [0.05, 0.1) is 9.47 Å². The third-order valence-electron chi connectivity index (χ3n) is 2.91. The average molecular weight is 343 g/mol. The zero-order valence-electron chi connectivity index (χ0n) is 10.7. The van der Waals surface area contributed by atoms with Gasteiger partial charge in [-0.2, -0.15) is 0 Å². The molecule has 0 aliphatic carbocycles. The van der Waals surface area contributed by atoms with E-state index in [1.807, 2.05) is 18.0 Å². The molecule has 0 fully saturated rings. The number of nitrogens with two attached hydrogens (primary N) is 1. The average Bonchev–Trinajstić information content (AvgIpc) is 2.75. The van der Waals surface area contributed by atoms with Crippen molar-refractivity contribution in [2.24, 2.45) is 5.73 Å². The highest BCUT2D eigenvalue weighted by Crippen LogP contribution is 2.27. The van der Waals surface area contributed by atoms with Crippen molar-refractivity contribution in [2.45, 2.75) is 13.0 Å². The first-order chi connectivity index (χ1) is 9.11. The van der Waals surface area contributed by atoms with Gasteiger partial charge in [0.2, 0.25) is 0 Å². The van der Waals surface area contributed by atoms with Crippen LogP contribution in [-0.4, -0.2) is 13.6 Å². The molecule has 102 valence electrons. The Labute approximate surface area is 125 Å². The first-order valence-electron chi connectivity index (χ1n) is 6.03. The summed E-state index contributed by atoms with van der Waals surface area (Å²) in [6.07, 6.45) is 0.685. The van der Waals surface area contributed by atoms with E-state index in [1.54, 1.807) is 17.4 Å². The molecule has 2 aromatic rings. The molecule has 0 aliphatic heterocycles. The van der Waals surface area contributed by atoms with Gasteiger partial charge in [-0.3, -0.25) is 0 Å². The molecule has 19 heavy (non-hydrogen) atoms. The Morgan fingerprint density at radius 2 is 2.21 bits per heavy atom. The van der Waals surface area contributed by atoms with E-state index in [1.165, 1.54) is 11.6 Å². The molecule has 0 atom stereocenters. The second-order valence-electron chi connectivity index (χ2n) is 4.40. The van der Waals surface area contributed by atoms with E-state index < -0.39 is 0 Å². The Balaban J connectivity index is 2.24. The zero-order chi connectivity index (χ0) is 13.8. The lowest BCUT2D eigenvalue weighted by Crippen LogP contribution is -2.20. The summed E-state index contributed by atoms with van der Waals surface area (Å²) in [4.78, 5) is 1.94. The fraction of sp³-hybridized carbons (Fsp3) is 0.286. The van der Waals surface area contributed by atoms with Gasteiger partial charge in [0.25, 0.3) is 0 Å². The first-order valence-corrected chi connectivity index (χ1v) is 7.70. The third-order valence-corrected chi connectivity index (χ3v) is 4.46. The minimum atomic E-state index is -0.192. The van der Waals surface area contributed by atoms with Crippen molar-refractivity contribution < 1.29 is 4.39 Å². The molecule has 5 heteroatoms. The first kappa shape index (κ1) is 14.5. The van der Waals surface area contributed by atoms with Gasteiger partial charge in [-0.25, -0.2) is 4.39 Å². The maximum Gasteiger partial charge on any atom is 0.146 e. The quantitative estimate of drug-likeness (QED) is 0.895. The summed E-state index contributed by atoms with van der Waals surface area (Å²) in [5.74, 6) is -0.192. The summed E-state index contributed by atoms with van der Waals surface area (Å²) in [5, 5.41) is 2.07. The number of halogens is 2. The summed E-state index contributed by atoms with van der Waals surface area (Å²) >= 11 is 5.08. The van der Waals surface area contributed by atoms with Crippen molar-refractivity contribution in [3.8, 4) is 0 Å². The number of rotatable bonds is 5.